The molecular weight excluding hydrogens is 302 g/mol. The maximum absolute atomic E-state index is 12.2. The molecule has 0 spiro atoms. The number of hydrogen-bond acceptors (Lipinski definition) is 5. The highest BCUT2D eigenvalue weighted by atomic mass is 32.1. The first kappa shape index (κ1) is 16.0. The second-order valence-corrected chi connectivity index (χ2v) is 5.64. The molecule has 5 nitrogen and oxygen atoms in total. The summed E-state index contributed by atoms with van der Waals surface area (Å²) in [5.41, 5.74) is 1.48. The minimum atomic E-state index is -0.688. The van der Waals surface area contributed by atoms with Crippen molar-refractivity contribution in [1.29, 1.82) is 0 Å². The van der Waals surface area contributed by atoms with Crippen molar-refractivity contribution in [3.8, 4) is 5.75 Å². The SMILES string of the molecule is COC(=O)c1sccc1NC(=O)C(C)Oc1cccc(C)c1. The highest BCUT2D eigenvalue weighted by molar-refractivity contribution is 7.12. The van der Waals surface area contributed by atoms with E-state index in [9.17, 15) is 9.59 Å². The van der Waals surface area contributed by atoms with Gasteiger partial charge < -0.3 is 14.8 Å². The summed E-state index contributed by atoms with van der Waals surface area (Å²) in [4.78, 5) is 24.1. The Morgan fingerprint density at radius 2 is 2.05 bits per heavy atom. The van der Waals surface area contributed by atoms with Gasteiger partial charge in [0.2, 0.25) is 0 Å². The standard InChI is InChI=1S/C16H17NO4S/c1-10-5-4-6-12(9-10)21-11(2)15(18)17-13-7-8-22-14(13)16(19)20-3/h4-9,11H,1-3H3,(H,17,18). The number of rotatable bonds is 5. The molecule has 116 valence electrons. The predicted molar refractivity (Wildman–Crippen MR) is 85.6 cm³/mol. The van der Waals surface area contributed by atoms with Gasteiger partial charge in [-0.1, -0.05) is 12.1 Å². The number of benzene rings is 1. The largest absolute Gasteiger partial charge is 0.481 e. The summed E-state index contributed by atoms with van der Waals surface area (Å²) in [6, 6.07) is 9.12. The van der Waals surface area contributed by atoms with Crippen LogP contribution in [0.25, 0.3) is 0 Å². The number of carbonyl (C=O) groups excluding carboxylic acids is 2. The molecule has 0 radical (unpaired) electrons. The van der Waals surface area contributed by atoms with Crippen LogP contribution in [0.15, 0.2) is 35.7 Å². The quantitative estimate of drug-likeness (QED) is 0.859. The summed E-state index contributed by atoms with van der Waals surface area (Å²) in [6.07, 6.45) is -0.688. The lowest BCUT2D eigenvalue weighted by molar-refractivity contribution is -0.122. The topological polar surface area (TPSA) is 64.6 Å². The lowest BCUT2D eigenvalue weighted by atomic mass is 10.2. The van der Waals surface area contributed by atoms with Gasteiger partial charge in [-0.3, -0.25) is 4.79 Å². The second kappa shape index (κ2) is 7.09. The zero-order valence-corrected chi connectivity index (χ0v) is 13.4. The Hall–Kier alpha value is -2.34. The number of aryl methyl sites for hydroxylation is 1. The van der Waals surface area contributed by atoms with E-state index in [-0.39, 0.29) is 5.91 Å². The van der Waals surface area contributed by atoms with Crippen molar-refractivity contribution in [2.75, 3.05) is 12.4 Å². The van der Waals surface area contributed by atoms with E-state index in [4.69, 9.17) is 4.74 Å². The zero-order valence-electron chi connectivity index (χ0n) is 12.6. The van der Waals surface area contributed by atoms with Crippen molar-refractivity contribution in [3.05, 3.63) is 46.2 Å². The number of amides is 1. The number of hydrogen-bond donors (Lipinski definition) is 1. The summed E-state index contributed by atoms with van der Waals surface area (Å²) in [5.74, 6) is -0.177. The smallest absolute Gasteiger partial charge is 0.350 e. The van der Waals surface area contributed by atoms with Gasteiger partial charge in [0.25, 0.3) is 5.91 Å². The van der Waals surface area contributed by atoms with E-state index in [2.05, 4.69) is 10.1 Å². The van der Waals surface area contributed by atoms with E-state index in [1.807, 2.05) is 25.1 Å². The molecule has 1 atom stereocenters. The Kier molecular flexibility index (Phi) is 5.16. The number of anilines is 1. The van der Waals surface area contributed by atoms with Gasteiger partial charge in [0.1, 0.15) is 10.6 Å². The molecule has 0 aliphatic heterocycles. The van der Waals surface area contributed by atoms with E-state index in [1.165, 1.54) is 18.4 Å². The minimum Gasteiger partial charge on any atom is -0.481 e. The van der Waals surface area contributed by atoms with Crippen molar-refractivity contribution in [1.82, 2.24) is 0 Å². The molecule has 1 aromatic heterocycles. The van der Waals surface area contributed by atoms with E-state index >= 15 is 0 Å². The molecule has 2 rings (SSSR count). The molecule has 0 fully saturated rings. The highest BCUT2D eigenvalue weighted by Crippen LogP contribution is 2.23. The van der Waals surface area contributed by atoms with Crippen molar-refractivity contribution < 1.29 is 19.1 Å². The fraction of sp³-hybridized carbons (Fsp3) is 0.250. The Morgan fingerprint density at radius 3 is 2.73 bits per heavy atom. The second-order valence-electron chi connectivity index (χ2n) is 4.72. The molecule has 1 N–H and O–H groups in total. The Balaban J connectivity index is 2.03. The van der Waals surface area contributed by atoms with Crippen molar-refractivity contribution >= 4 is 28.9 Å². The highest BCUT2D eigenvalue weighted by Gasteiger charge is 2.20. The van der Waals surface area contributed by atoms with Crippen LogP contribution in [0, 0.1) is 6.92 Å². The van der Waals surface area contributed by atoms with Crippen LogP contribution in [0.5, 0.6) is 5.75 Å². The minimum absolute atomic E-state index is 0.329. The number of thiophene rings is 1. The predicted octanol–water partition coefficient (Wildman–Crippen LogP) is 3.25. The average Bonchev–Trinajstić information content (AvgIpc) is 2.94. The molecule has 6 heteroatoms. The fourth-order valence-electron chi connectivity index (χ4n) is 1.84. The molecule has 0 aliphatic carbocycles. The van der Waals surface area contributed by atoms with Crippen LogP contribution in [0.1, 0.15) is 22.2 Å². The van der Waals surface area contributed by atoms with E-state index in [1.54, 1.807) is 24.4 Å². The van der Waals surface area contributed by atoms with E-state index in [0.717, 1.165) is 5.56 Å². The average molecular weight is 319 g/mol. The maximum Gasteiger partial charge on any atom is 0.350 e. The van der Waals surface area contributed by atoms with Crippen LogP contribution in [-0.4, -0.2) is 25.1 Å². The first-order valence-electron chi connectivity index (χ1n) is 6.71. The van der Waals surface area contributed by atoms with Crippen LogP contribution >= 0.6 is 11.3 Å². The van der Waals surface area contributed by atoms with E-state index in [0.29, 0.717) is 16.3 Å². The molecule has 0 aliphatic rings. The van der Waals surface area contributed by atoms with Crippen molar-refractivity contribution in [2.24, 2.45) is 0 Å². The third-order valence-electron chi connectivity index (χ3n) is 2.97. The van der Waals surface area contributed by atoms with Gasteiger partial charge in [-0.15, -0.1) is 11.3 Å². The fourth-order valence-corrected chi connectivity index (χ4v) is 2.60. The number of methoxy groups -OCH3 is 1. The third kappa shape index (κ3) is 3.85. The normalized spacial score (nSPS) is 11.6. The van der Waals surface area contributed by atoms with Gasteiger partial charge in [0.15, 0.2) is 6.10 Å². The van der Waals surface area contributed by atoms with Gasteiger partial charge in [0, 0.05) is 0 Å². The summed E-state index contributed by atoms with van der Waals surface area (Å²) >= 11 is 1.21. The summed E-state index contributed by atoms with van der Waals surface area (Å²) in [7, 11) is 1.30. The van der Waals surface area contributed by atoms with Gasteiger partial charge in [-0.05, 0) is 43.0 Å². The Bertz CT molecular complexity index is 680. The van der Waals surface area contributed by atoms with Crippen LogP contribution in [0.4, 0.5) is 5.69 Å². The lowest BCUT2D eigenvalue weighted by Gasteiger charge is -2.15. The first-order chi connectivity index (χ1) is 10.5. The number of esters is 1. The summed E-state index contributed by atoms with van der Waals surface area (Å²) in [5, 5.41) is 4.40. The molecule has 22 heavy (non-hydrogen) atoms. The van der Waals surface area contributed by atoms with Gasteiger partial charge in [-0.25, -0.2) is 4.79 Å². The number of ether oxygens (including phenoxy) is 2. The number of nitrogens with one attached hydrogen (secondary N) is 1. The van der Waals surface area contributed by atoms with Gasteiger partial charge in [-0.2, -0.15) is 0 Å². The molecule has 2 aromatic rings. The van der Waals surface area contributed by atoms with Crippen molar-refractivity contribution in [2.45, 2.75) is 20.0 Å². The maximum atomic E-state index is 12.2. The van der Waals surface area contributed by atoms with Crippen molar-refractivity contribution in [3.63, 3.8) is 0 Å². The zero-order chi connectivity index (χ0) is 16.1. The molecule has 1 amide bonds. The van der Waals surface area contributed by atoms with Crippen LogP contribution < -0.4 is 10.1 Å². The molecule has 0 saturated heterocycles. The molecule has 0 saturated carbocycles. The molecule has 1 aromatic carbocycles. The lowest BCUT2D eigenvalue weighted by Crippen LogP contribution is -2.30. The monoisotopic (exact) mass is 319 g/mol. The number of carbonyl (C=O) groups is 2. The van der Waals surface area contributed by atoms with Crippen LogP contribution in [0.2, 0.25) is 0 Å². The summed E-state index contributed by atoms with van der Waals surface area (Å²) < 4.78 is 10.3. The summed E-state index contributed by atoms with van der Waals surface area (Å²) in [6.45, 7) is 3.60. The first-order valence-corrected chi connectivity index (χ1v) is 7.59. The molecule has 0 bridgehead atoms. The molecular formula is C16H17NO4S. The van der Waals surface area contributed by atoms with Gasteiger partial charge in [0.05, 0.1) is 12.8 Å². The van der Waals surface area contributed by atoms with Crippen LogP contribution in [-0.2, 0) is 9.53 Å². The van der Waals surface area contributed by atoms with E-state index < -0.39 is 12.1 Å². The van der Waals surface area contributed by atoms with Gasteiger partial charge >= 0.3 is 5.97 Å². The molecule has 1 heterocycles. The Labute approximate surface area is 132 Å². The Morgan fingerprint density at radius 1 is 1.27 bits per heavy atom. The third-order valence-corrected chi connectivity index (χ3v) is 3.86. The molecule has 1 unspecified atom stereocenters. The van der Waals surface area contributed by atoms with Crippen LogP contribution in [0.3, 0.4) is 0 Å².